The summed E-state index contributed by atoms with van der Waals surface area (Å²) in [6.45, 7) is 4.81. The fourth-order valence-corrected chi connectivity index (χ4v) is 3.31. The molecule has 0 aromatic heterocycles. The van der Waals surface area contributed by atoms with Crippen LogP contribution in [-0.4, -0.2) is 55.0 Å². The predicted octanol–water partition coefficient (Wildman–Crippen LogP) is 3.37. The summed E-state index contributed by atoms with van der Waals surface area (Å²) in [5, 5.41) is 0. The number of hydrogen-bond donors (Lipinski definition) is 0. The number of hydrogen-bond acceptors (Lipinski definition) is 3. The summed E-state index contributed by atoms with van der Waals surface area (Å²) in [4.78, 5) is 16.7. The molecule has 2 aromatic carbocycles. The lowest BCUT2D eigenvalue weighted by atomic mass is 10.1. The summed E-state index contributed by atoms with van der Waals surface area (Å²) in [5.41, 5.74) is 1.17. The van der Waals surface area contributed by atoms with Gasteiger partial charge in [0.05, 0.1) is 13.0 Å². The molecule has 4 nitrogen and oxygen atoms in total. The molecule has 144 valence electrons. The van der Waals surface area contributed by atoms with E-state index in [-0.39, 0.29) is 11.7 Å². The molecule has 1 saturated heterocycles. The number of nitrogens with zero attached hydrogens (tertiary/aromatic N) is 2. The van der Waals surface area contributed by atoms with E-state index >= 15 is 0 Å². The maximum atomic E-state index is 12.9. The zero-order chi connectivity index (χ0) is 18.9. The Labute approximate surface area is 160 Å². The van der Waals surface area contributed by atoms with Crippen molar-refractivity contribution in [1.82, 2.24) is 9.80 Å². The molecule has 1 heterocycles. The molecule has 2 aromatic rings. The normalized spacial score (nSPS) is 14.9. The molecule has 3 rings (SSSR count). The molecule has 0 bridgehead atoms. The second kappa shape index (κ2) is 10.1. The maximum Gasteiger partial charge on any atom is 0.226 e. The van der Waals surface area contributed by atoms with E-state index in [0.717, 1.165) is 51.3 Å². The Kier molecular flexibility index (Phi) is 7.22. The van der Waals surface area contributed by atoms with Crippen LogP contribution in [-0.2, 0) is 11.2 Å². The highest BCUT2D eigenvalue weighted by molar-refractivity contribution is 5.76. The summed E-state index contributed by atoms with van der Waals surface area (Å²) in [5.74, 6) is 0.780. The van der Waals surface area contributed by atoms with Gasteiger partial charge in [-0.2, -0.15) is 0 Å². The van der Waals surface area contributed by atoms with Gasteiger partial charge in [0.1, 0.15) is 11.6 Å². The molecular weight excluding hydrogens is 343 g/mol. The van der Waals surface area contributed by atoms with Gasteiger partial charge in [-0.05, 0) is 49.2 Å². The van der Waals surface area contributed by atoms with Crippen LogP contribution in [0, 0.1) is 5.82 Å². The number of aryl methyl sites for hydroxylation is 1. The van der Waals surface area contributed by atoms with Gasteiger partial charge >= 0.3 is 0 Å². The van der Waals surface area contributed by atoms with Crippen molar-refractivity contribution in [2.75, 3.05) is 39.3 Å². The summed E-state index contributed by atoms with van der Waals surface area (Å²) >= 11 is 0. The first kappa shape index (κ1) is 19.4. The number of ether oxygens (including phenoxy) is 1. The molecule has 1 fully saturated rings. The molecule has 0 saturated carbocycles. The minimum Gasteiger partial charge on any atom is -0.493 e. The molecule has 0 aliphatic carbocycles. The molecule has 0 atom stereocenters. The van der Waals surface area contributed by atoms with Crippen LogP contribution in [0.4, 0.5) is 4.39 Å². The van der Waals surface area contributed by atoms with Crippen LogP contribution in [0.5, 0.6) is 5.75 Å². The fourth-order valence-electron chi connectivity index (χ4n) is 3.31. The number of halogens is 1. The first-order valence-corrected chi connectivity index (χ1v) is 9.63. The quantitative estimate of drug-likeness (QED) is 0.714. The molecule has 0 radical (unpaired) electrons. The number of amides is 1. The van der Waals surface area contributed by atoms with Gasteiger partial charge in [-0.25, -0.2) is 4.39 Å². The number of piperazine rings is 1. The van der Waals surface area contributed by atoms with E-state index in [4.69, 9.17) is 4.74 Å². The van der Waals surface area contributed by atoms with Gasteiger partial charge < -0.3 is 9.64 Å². The summed E-state index contributed by atoms with van der Waals surface area (Å²) in [7, 11) is 0. The lowest BCUT2D eigenvalue weighted by molar-refractivity contribution is -0.133. The highest BCUT2D eigenvalue weighted by Gasteiger charge is 2.20. The Morgan fingerprint density at radius 2 is 1.67 bits per heavy atom. The van der Waals surface area contributed by atoms with Crippen molar-refractivity contribution in [3.63, 3.8) is 0 Å². The molecule has 1 aliphatic rings. The average molecular weight is 370 g/mol. The van der Waals surface area contributed by atoms with Crippen molar-refractivity contribution in [2.45, 2.75) is 19.3 Å². The van der Waals surface area contributed by atoms with Crippen LogP contribution in [0.1, 0.15) is 18.4 Å². The fraction of sp³-hybridized carbons (Fsp3) is 0.409. The van der Waals surface area contributed by atoms with Gasteiger partial charge in [-0.3, -0.25) is 9.69 Å². The van der Waals surface area contributed by atoms with Gasteiger partial charge in [-0.1, -0.05) is 30.3 Å². The Morgan fingerprint density at radius 1 is 0.963 bits per heavy atom. The third kappa shape index (κ3) is 6.36. The summed E-state index contributed by atoms with van der Waals surface area (Å²) in [6.07, 6.45) is 2.42. The Bertz CT molecular complexity index is 698. The minimum atomic E-state index is -0.186. The van der Waals surface area contributed by atoms with Gasteiger partial charge in [-0.15, -0.1) is 0 Å². The van der Waals surface area contributed by atoms with Gasteiger partial charge in [0.2, 0.25) is 5.91 Å². The SMILES string of the molecule is O=C(CCOc1ccccc1)N1CCN(CCCc2ccc(F)cc2)CC1. The molecule has 0 N–H and O–H groups in total. The van der Waals surface area contributed by atoms with E-state index in [9.17, 15) is 9.18 Å². The number of carbonyl (C=O) groups excluding carboxylic acids is 1. The Hall–Kier alpha value is -2.40. The molecule has 0 spiro atoms. The van der Waals surface area contributed by atoms with Crippen LogP contribution in [0.2, 0.25) is 0 Å². The third-order valence-electron chi connectivity index (χ3n) is 4.91. The van der Waals surface area contributed by atoms with Crippen molar-refractivity contribution in [3.8, 4) is 5.75 Å². The van der Waals surface area contributed by atoms with E-state index in [1.54, 1.807) is 0 Å². The zero-order valence-corrected chi connectivity index (χ0v) is 15.6. The average Bonchev–Trinajstić information content (AvgIpc) is 2.71. The van der Waals surface area contributed by atoms with Gasteiger partial charge in [0.25, 0.3) is 0 Å². The summed E-state index contributed by atoms with van der Waals surface area (Å²) in [6, 6.07) is 16.3. The number of rotatable bonds is 8. The van der Waals surface area contributed by atoms with E-state index in [1.807, 2.05) is 47.4 Å². The first-order valence-electron chi connectivity index (χ1n) is 9.63. The van der Waals surface area contributed by atoms with Crippen LogP contribution < -0.4 is 4.74 Å². The highest BCUT2D eigenvalue weighted by atomic mass is 19.1. The van der Waals surface area contributed by atoms with Crippen LogP contribution in [0.3, 0.4) is 0 Å². The third-order valence-corrected chi connectivity index (χ3v) is 4.91. The highest BCUT2D eigenvalue weighted by Crippen LogP contribution is 2.11. The van der Waals surface area contributed by atoms with E-state index in [1.165, 1.54) is 17.7 Å². The van der Waals surface area contributed by atoms with E-state index in [0.29, 0.717) is 13.0 Å². The van der Waals surface area contributed by atoms with Crippen LogP contribution in [0.25, 0.3) is 0 Å². The largest absolute Gasteiger partial charge is 0.493 e. The molecule has 1 aliphatic heterocycles. The second-order valence-corrected chi connectivity index (χ2v) is 6.86. The van der Waals surface area contributed by atoms with Crippen molar-refractivity contribution in [1.29, 1.82) is 0 Å². The maximum absolute atomic E-state index is 12.9. The van der Waals surface area contributed by atoms with Gasteiger partial charge in [0, 0.05) is 26.2 Å². The monoisotopic (exact) mass is 370 g/mol. The first-order chi connectivity index (χ1) is 13.2. The Morgan fingerprint density at radius 3 is 2.37 bits per heavy atom. The number of benzene rings is 2. The van der Waals surface area contributed by atoms with E-state index in [2.05, 4.69) is 4.90 Å². The van der Waals surface area contributed by atoms with Crippen molar-refractivity contribution >= 4 is 5.91 Å². The lowest BCUT2D eigenvalue weighted by Crippen LogP contribution is -2.49. The van der Waals surface area contributed by atoms with Crippen molar-refractivity contribution in [3.05, 3.63) is 66.0 Å². The summed E-state index contributed by atoms with van der Waals surface area (Å²) < 4.78 is 18.5. The molecular formula is C22H27FN2O2. The number of para-hydroxylation sites is 1. The van der Waals surface area contributed by atoms with Crippen molar-refractivity contribution in [2.24, 2.45) is 0 Å². The predicted molar refractivity (Wildman–Crippen MR) is 104 cm³/mol. The molecule has 5 heteroatoms. The zero-order valence-electron chi connectivity index (χ0n) is 15.6. The van der Waals surface area contributed by atoms with Crippen LogP contribution in [0.15, 0.2) is 54.6 Å². The molecule has 27 heavy (non-hydrogen) atoms. The lowest BCUT2D eigenvalue weighted by Gasteiger charge is -2.34. The van der Waals surface area contributed by atoms with E-state index < -0.39 is 0 Å². The molecule has 1 amide bonds. The van der Waals surface area contributed by atoms with Crippen LogP contribution >= 0.6 is 0 Å². The molecule has 0 unspecified atom stereocenters. The Balaban J connectivity index is 1.30. The van der Waals surface area contributed by atoms with Crippen molar-refractivity contribution < 1.29 is 13.9 Å². The standard InChI is InChI=1S/C22H27FN2O2/c23-20-10-8-19(9-11-20)5-4-13-24-14-16-25(17-15-24)22(26)12-18-27-21-6-2-1-3-7-21/h1-3,6-11H,4-5,12-18H2. The second-order valence-electron chi connectivity index (χ2n) is 6.86. The smallest absolute Gasteiger partial charge is 0.226 e. The minimum absolute atomic E-state index is 0.164. The topological polar surface area (TPSA) is 32.8 Å². The number of carbonyl (C=O) groups is 1. The van der Waals surface area contributed by atoms with Gasteiger partial charge in [0.15, 0.2) is 0 Å².